The normalized spacial score (nSPS) is 13.0. The van der Waals surface area contributed by atoms with Crippen LogP contribution in [0, 0.1) is 5.82 Å². The fourth-order valence-corrected chi connectivity index (χ4v) is 3.62. The van der Waals surface area contributed by atoms with Crippen LogP contribution in [0.25, 0.3) is 0 Å². The topological polar surface area (TPSA) is 81.7 Å². The third-order valence-corrected chi connectivity index (χ3v) is 5.01. The van der Waals surface area contributed by atoms with Gasteiger partial charge in [-0.1, -0.05) is 24.3 Å². The molecule has 2 aromatic carbocycles. The van der Waals surface area contributed by atoms with Gasteiger partial charge in [0.15, 0.2) is 0 Å². The Kier molecular flexibility index (Phi) is 6.62. The number of hydrogen-bond acceptors (Lipinski definition) is 5. The molecule has 0 fully saturated rings. The molecule has 0 spiro atoms. The molecule has 0 saturated heterocycles. The maximum atomic E-state index is 13.0. The monoisotopic (exact) mass is 421 g/mol. The van der Waals surface area contributed by atoms with Crippen LogP contribution in [0.2, 0.25) is 0 Å². The molecule has 0 heterocycles. The first-order valence-corrected chi connectivity index (χ1v) is 9.19. The molecule has 6 nitrogen and oxygen atoms in total. The van der Waals surface area contributed by atoms with Gasteiger partial charge >= 0.3 is 12.3 Å². The van der Waals surface area contributed by atoms with Gasteiger partial charge < -0.3 is 9.47 Å². The Bertz CT molecular complexity index is 929. The zero-order valence-corrected chi connectivity index (χ0v) is 15.2. The largest absolute Gasteiger partial charge is 0.573 e. The van der Waals surface area contributed by atoms with Crippen LogP contribution >= 0.6 is 0 Å². The number of carbonyl (C=O) groups excluding carboxylic acids is 1. The van der Waals surface area contributed by atoms with Crippen molar-refractivity contribution in [2.45, 2.75) is 23.7 Å². The summed E-state index contributed by atoms with van der Waals surface area (Å²) in [4.78, 5) is 11.2. The lowest BCUT2D eigenvalue weighted by molar-refractivity contribution is -0.275. The second-order valence-electron chi connectivity index (χ2n) is 5.52. The summed E-state index contributed by atoms with van der Waals surface area (Å²) < 4.78 is 86.1. The standard InChI is InChI=1S/C17H15F4NO5S/c1-26-16(23)13(10-11-6-8-12(18)9-7-11)22-28(24,25)15-5-3-2-4-14(15)27-17(19,20)21/h2-9,13,22H,10H2,1H3. The highest BCUT2D eigenvalue weighted by Gasteiger charge is 2.35. The predicted octanol–water partition coefficient (Wildman–Crippen LogP) is 2.79. The Hall–Kier alpha value is -2.66. The van der Waals surface area contributed by atoms with E-state index in [-0.39, 0.29) is 6.42 Å². The van der Waals surface area contributed by atoms with Gasteiger partial charge in [-0.3, -0.25) is 4.79 Å². The van der Waals surface area contributed by atoms with Crippen molar-refractivity contribution in [3.05, 3.63) is 59.9 Å². The summed E-state index contributed by atoms with van der Waals surface area (Å²) in [5.74, 6) is -2.45. The molecular weight excluding hydrogens is 406 g/mol. The lowest BCUT2D eigenvalue weighted by atomic mass is 10.1. The van der Waals surface area contributed by atoms with Crippen LogP contribution in [0.3, 0.4) is 0 Å². The molecule has 0 aliphatic rings. The van der Waals surface area contributed by atoms with E-state index < -0.39 is 44.9 Å². The summed E-state index contributed by atoms with van der Waals surface area (Å²) in [6, 6.07) is 7.53. The highest BCUT2D eigenvalue weighted by molar-refractivity contribution is 7.89. The molecule has 0 radical (unpaired) electrons. The summed E-state index contributed by atoms with van der Waals surface area (Å²) in [7, 11) is -3.57. The van der Waals surface area contributed by atoms with Crippen molar-refractivity contribution >= 4 is 16.0 Å². The van der Waals surface area contributed by atoms with E-state index in [1.807, 2.05) is 4.72 Å². The van der Waals surface area contributed by atoms with Gasteiger partial charge in [-0.05, 0) is 36.2 Å². The minimum absolute atomic E-state index is 0.214. The van der Waals surface area contributed by atoms with Crippen LogP contribution < -0.4 is 9.46 Å². The van der Waals surface area contributed by atoms with Crippen LogP contribution in [-0.4, -0.2) is 33.9 Å². The molecule has 1 unspecified atom stereocenters. The molecule has 0 bridgehead atoms. The number of carbonyl (C=O) groups is 1. The lowest BCUT2D eigenvalue weighted by Crippen LogP contribution is -2.43. The first-order valence-electron chi connectivity index (χ1n) is 7.71. The van der Waals surface area contributed by atoms with Crippen LogP contribution in [0.1, 0.15) is 5.56 Å². The first kappa shape index (κ1) is 21.6. The van der Waals surface area contributed by atoms with Gasteiger partial charge in [0.1, 0.15) is 22.5 Å². The summed E-state index contributed by atoms with van der Waals surface area (Å²) >= 11 is 0. The molecule has 1 atom stereocenters. The minimum atomic E-state index is -5.11. The summed E-state index contributed by atoms with van der Waals surface area (Å²) in [5, 5.41) is 0. The third-order valence-electron chi connectivity index (χ3n) is 3.50. The molecule has 2 aromatic rings. The third kappa shape index (κ3) is 5.92. The maximum Gasteiger partial charge on any atom is 0.573 e. The molecular formula is C17H15F4NO5S. The van der Waals surface area contributed by atoms with Crippen LogP contribution in [0.4, 0.5) is 17.6 Å². The molecule has 152 valence electrons. The number of para-hydroxylation sites is 1. The number of ether oxygens (including phenoxy) is 2. The Morgan fingerprint density at radius 2 is 1.71 bits per heavy atom. The van der Waals surface area contributed by atoms with Gasteiger partial charge in [0, 0.05) is 0 Å². The molecule has 0 aliphatic heterocycles. The van der Waals surface area contributed by atoms with E-state index in [1.54, 1.807) is 0 Å². The number of esters is 1. The zero-order valence-electron chi connectivity index (χ0n) is 14.4. The van der Waals surface area contributed by atoms with Gasteiger partial charge in [-0.25, -0.2) is 12.8 Å². The lowest BCUT2D eigenvalue weighted by Gasteiger charge is -2.18. The van der Waals surface area contributed by atoms with Gasteiger partial charge in [-0.15, -0.1) is 13.2 Å². The number of nitrogens with one attached hydrogen (secondary N) is 1. The van der Waals surface area contributed by atoms with Gasteiger partial charge in [-0.2, -0.15) is 4.72 Å². The second kappa shape index (κ2) is 8.57. The number of alkyl halides is 3. The number of sulfonamides is 1. The fraction of sp³-hybridized carbons (Fsp3) is 0.235. The summed E-state index contributed by atoms with van der Waals surface area (Å²) in [6.07, 6.45) is -5.32. The minimum Gasteiger partial charge on any atom is -0.468 e. The quantitative estimate of drug-likeness (QED) is 0.549. The Balaban J connectivity index is 2.33. The van der Waals surface area contributed by atoms with Crippen molar-refractivity contribution in [3.8, 4) is 5.75 Å². The van der Waals surface area contributed by atoms with E-state index in [2.05, 4.69) is 9.47 Å². The fourth-order valence-electron chi connectivity index (χ4n) is 2.30. The van der Waals surface area contributed by atoms with E-state index >= 15 is 0 Å². The molecule has 0 aromatic heterocycles. The molecule has 2 rings (SSSR count). The van der Waals surface area contributed by atoms with Crippen molar-refractivity contribution in [2.75, 3.05) is 7.11 Å². The van der Waals surface area contributed by atoms with E-state index in [1.165, 1.54) is 18.2 Å². The second-order valence-corrected chi connectivity index (χ2v) is 7.20. The van der Waals surface area contributed by atoms with E-state index in [0.29, 0.717) is 5.56 Å². The van der Waals surface area contributed by atoms with Gasteiger partial charge in [0.2, 0.25) is 10.0 Å². The van der Waals surface area contributed by atoms with Crippen LogP contribution in [-0.2, 0) is 26.0 Å². The highest BCUT2D eigenvalue weighted by atomic mass is 32.2. The van der Waals surface area contributed by atoms with Gasteiger partial charge in [0.05, 0.1) is 7.11 Å². The van der Waals surface area contributed by atoms with Crippen LogP contribution in [0.15, 0.2) is 53.4 Å². The number of rotatable bonds is 7. The molecule has 28 heavy (non-hydrogen) atoms. The molecule has 1 N–H and O–H groups in total. The number of methoxy groups -OCH3 is 1. The summed E-state index contributed by atoms with van der Waals surface area (Å²) in [5.41, 5.74) is 0.402. The molecule has 0 amide bonds. The van der Waals surface area contributed by atoms with Crippen molar-refractivity contribution in [1.82, 2.24) is 4.72 Å². The van der Waals surface area contributed by atoms with Gasteiger partial charge in [0.25, 0.3) is 0 Å². The average Bonchev–Trinajstić information content (AvgIpc) is 2.61. The van der Waals surface area contributed by atoms with E-state index in [4.69, 9.17) is 0 Å². The molecule has 11 heteroatoms. The SMILES string of the molecule is COC(=O)C(Cc1ccc(F)cc1)NS(=O)(=O)c1ccccc1OC(F)(F)F. The summed E-state index contributed by atoms with van der Waals surface area (Å²) in [6.45, 7) is 0. The number of hydrogen-bond donors (Lipinski definition) is 1. The molecule has 0 aliphatic carbocycles. The zero-order chi connectivity index (χ0) is 20.9. The number of halogens is 4. The van der Waals surface area contributed by atoms with E-state index in [0.717, 1.165) is 37.4 Å². The smallest absolute Gasteiger partial charge is 0.468 e. The Labute approximate surface area is 158 Å². The van der Waals surface area contributed by atoms with Crippen molar-refractivity contribution in [2.24, 2.45) is 0 Å². The Morgan fingerprint density at radius 1 is 1.11 bits per heavy atom. The predicted molar refractivity (Wildman–Crippen MR) is 89.4 cm³/mol. The highest BCUT2D eigenvalue weighted by Crippen LogP contribution is 2.29. The van der Waals surface area contributed by atoms with E-state index in [9.17, 15) is 30.8 Å². The first-order chi connectivity index (χ1) is 13.0. The van der Waals surface area contributed by atoms with Crippen LogP contribution in [0.5, 0.6) is 5.75 Å². The van der Waals surface area contributed by atoms with Crippen molar-refractivity contribution in [3.63, 3.8) is 0 Å². The average molecular weight is 421 g/mol. The maximum absolute atomic E-state index is 13.0. The Morgan fingerprint density at radius 3 is 2.29 bits per heavy atom. The van der Waals surface area contributed by atoms with Crippen molar-refractivity contribution < 1.29 is 40.2 Å². The number of benzene rings is 2. The molecule has 0 saturated carbocycles. The van der Waals surface area contributed by atoms with Crippen molar-refractivity contribution in [1.29, 1.82) is 0 Å².